The van der Waals surface area contributed by atoms with Crippen molar-refractivity contribution >= 4 is 17.9 Å². The lowest BCUT2D eigenvalue weighted by molar-refractivity contribution is -0.130. The molecule has 6 nitrogen and oxygen atoms in total. The smallest absolute Gasteiger partial charge is 0.246 e. The summed E-state index contributed by atoms with van der Waals surface area (Å²) in [7, 11) is 0. The summed E-state index contributed by atoms with van der Waals surface area (Å²) < 4.78 is 15.1. The van der Waals surface area contributed by atoms with Crippen LogP contribution in [0.3, 0.4) is 0 Å². The Bertz CT molecular complexity index is 1110. The highest BCUT2D eigenvalue weighted by molar-refractivity contribution is 5.93. The summed E-state index contributed by atoms with van der Waals surface area (Å²) in [5.41, 5.74) is 8.40. The number of piperidine rings is 1. The molecule has 2 aromatic carbocycles. The van der Waals surface area contributed by atoms with Crippen molar-refractivity contribution in [2.45, 2.75) is 12.8 Å². The van der Waals surface area contributed by atoms with Gasteiger partial charge in [-0.1, -0.05) is 18.2 Å². The molecule has 7 heteroatoms. The second-order valence-corrected chi connectivity index (χ2v) is 7.58. The Kier molecular flexibility index (Phi) is 5.93. The van der Waals surface area contributed by atoms with E-state index in [4.69, 9.17) is 5.73 Å². The van der Waals surface area contributed by atoms with E-state index in [1.165, 1.54) is 18.2 Å². The van der Waals surface area contributed by atoms with E-state index in [-0.39, 0.29) is 23.5 Å². The Morgan fingerprint density at radius 1 is 1.10 bits per heavy atom. The van der Waals surface area contributed by atoms with Gasteiger partial charge in [0.25, 0.3) is 0 Å². The van der Waals surface area contributed by atoms with Gasteiger partial charge in [0, 0.05) is 36.5 Å². The second kappa shape index (κ2) is 8.95. The van der Waals surface area contributed by atoms with Crippen LogP contribution in [0.2, 0.25) is 0 Å². The number of likely N-dealkylation sites (tertiary alicyclic amines) is 1. The van der Waals surface area contributed by atoms with Crippen LogP contribution in [0.5, 0.6) is 0 Å². The fourth-order valence-electron chi connectivity index (χ4n) is 3.73. The minimum absolute atomic E-state index is 0.177. The van der Waals surface area contributed by atoms with Crippen molar-refractivity contribution in [2.75, 3.05) is 13.1 Å². The Morgan fingerprint density at radius 3 is 2.55 bits per heavy atom. The number of primary amides is 1. The molecule has 2 heterocycles. The van der Waals surface area contributed by atoms with Gasteiger partial charge in [-0.3, -0.25) is 9.59 Å². The first kappa shape index (κ1) is 20.5. The van der Waals surface area contributed by atoms with Crippen LogP contribution in [-0.4, -0.2) is 39.6 Å². The van der Waals surface area contributed by atoms with E-state index >= 15 is 0 Å². The van der Waals surface area contributed by atoms with Crippen molar-refractivity contribution in [1.82, 2.24) is 14.7 Å². The highest BCUT2D eigenvalue weighted by atomic mass is 19.1. The predicted molar refractivity (Wildman–Crippen MR) is 116 cm³/mol. The highest BCUT2D eigenvalue weighted by Crippen LogP contribution is 2.25. The number of rotatable bonds is 5. The molecule has 1 fully saturated rings. The largest absolute Gasteiger partial charge is 0.369 e. The first-order chi connectivity index (χ1) is 15.0. The lowest BCUT2D eigenvalue weighted by atomic mass is 9.97. The van der Waals surface area contributed by atoms with E-state index in [0.29, 0.717) is 25.2 Å². The van der Waals surface area contributed by atoms with E-state index in [1.807, 2.05) is 36.5 Å². The summed E-state index contributed by atoms with van der Waals surface area (Å²) in [6, 6.07) is 15.7. The minimum Gasteiger partial charge on any atom is -0.369 e. The Labute approximate surface area is 179 Å². The molecule has 2 N–H and O–H groups in total. The number of carbonyl (C=O) groups excluding carboxylic acids is 2. The molecule has 1 atom stereocenters. The van der Waals surface area contributed by atoms with Gasteiger partial charge in [0.1, 0.15) is 5.82 Å². The van der Waals surface area contributed by atoms with Gasteiger partial charge >= 0.3 is 0 Å². The molecule has 0 radical (unpaired) electrons. The molecule has 4 rings (SSSR count). The molecule has 1 saturated heterocycles. The molecule has 1 aromatic heterocycles. The quantitative estimate of drug-likeness (QED) is 0.645. The number of hydrogen-bond donors (Lipinski definition) is 1. The maximum absolute atomic E-state index is 13.4. The van der Waals surface area contributed by atoms with E-state index < -0.39 is 0 Å². The van der Waals surface area contributed by atoms with Gasteiger partial charge in [-0.05, 0) is 55.3 Å². The van der Waals surface area contributed by atoms with Crippen molar-refractivity contribution in [3.63, 3.8) is 0 Å². The molecular weight excluding hydrogens is 395 g/mol. The van der Waals surface area contributed by atoms with E-state index in [2.05, 4.69) is 5.10 Å². The maximum Gasteiger partial charge on any atom is 0.246 e. The summed E-state index contributed by atoms with van der Waals surface area (Å²) in [5.74, 6) is -1.18. The molecule has 0 spiro atoms. The van der Waals surface area contributed by atoms with Gasteiger partial charge < -0.3 is 10.6 Å². The zero-order valence-corrected chi connectivity index (χ0v) is 16.9. The average Bonchev–Trinajstić information content (AvgIpc) is 3.23. The normalized spacial score (nSPS) is 16.5. The summed E-state index contributed by atoms with van der Waals surface area (Å²) in [6.45, 7) is 0.938. The minimum atomic E-state index is -0.371. The summed E-state index contributed by atoms with van der Waals surface area (Å²) in [4.78, 5) is 25.9. The number of para-hydroxylation sites is 1. The standard InChI is InChI=1S/C24H23FN4O2/c25-20-11-8-17(9-12-20)23-18(16-29(27-23)21-6-2-1-3-7-21)10-13-22(30)28-14-4-5-19(15-28)24(26)31/h1-3,6-13,16,19H,4-5,14-15H2,(H2,26,31)/b13-10+. The van der Waals surface area contributed by atoms with Gasteiger partial charge in [-0.15, -0.1) is 0 Å². The summed E-state index contributed by atoms with van der Waals surface area (Å²) in [5, 5.41) is 4.66. The third kappa shape index (κ3) is 4.71. The summed E-state index contributed by atoms with van der Waals surface area (Å²) in [6.07, 6.45) is 6.49. The van der Waals surface area contributed by atoms with Gasteiger partial charge in [0.15, 0.2) is 0 Å². The number of hydrogen-bond acceptors (Lipinski definition) is 3. The molecule has 1 aliphatic rings. The average molecular weight is 418 g/mol. The molecule has 0 bridgehead atoms. The number of benzene rings is 2. The van der Waals surface area contributed by atoms with E-state index in [0.717, 1.165) is 23.2 Å². The monoisotopic (exact) mass is 418 g/mol. The van der Waals surface area contributed by atoms with Gasteiger partial charge in [0.2, 0.25) is 11.8 Å². The molecule has 1 aliphatic heterocycles. The zero-order valence-electron chi connectivity index (χ0n) is 16.9. The molecule has 158 valence electrons. The van der Waals surface area contributed by atoms with Crippen molar-refractivity contribution in [1.29, 1.82) is 0 Å². The Morgan fingerprint density at radius 2 is 1.84 bits per heavy atom. The van der Waals surface area contributed by atoms with Crippen molar-refractivity contribution in [3.05, 3.63) is 78.3 Å². The van der Waals surface area contributed by atoms with Crippen LogP contribution in [0.1, 0.15) is 18.4 Å². The molecule has 0 aliphatic carbocycles. The van der Waals surface area contributed by atoms with Crippen LogP contribution in [0.15, 0.2) is 66.9 Å². The number of carbonyl (C=O) groups is 2. The van der Waals surface area contributed by atoms with Gasteiger partial charge in [-0.2, -0.15) is 5.10 Å². The fraction of sp³-hybridized carbons (Fsp3) is 0.208. The fourth-order valence-corrected chi connectivity index (χ4v) is 3.73. The van der Waals surface area contributed by atoms with Crippen LogP contribution in [-0.2, 0) is 9.59 Å². The zero-order chi connectivity index (χ0) is 21.8. The maximum atomic E-state index is 13.4. The molecule has 0 saturated carbocycles. The lowest BCUT2D eigenvalue weighted by Crippen LogP contribution is -2.43. The Hall–Kier alpha value is -3.74. The van der Waals surface area contributed by atoms with Crippen LogP contribution in [0.25, 0.3) is 23.0 Å². The van der Waals surface area contributed by atoms with Gasteiger partial charge in [-0.25, -0.2) is 9.07 Å². The van der Waals surface area contributed by atoms with Gasteiger partial charge in [0.05, 0.1) is 17.3 Å². The topological polar surface area (TPSA) is 81.2 Å². The summed E-state index contributed by atoms with van der Waals surface area (Å²) >= 11 is 0. The van der Waals surface area contributed by atoms with Crippen LogP contribution in [0, 0.1) is 11.7 Å². The third-order valence-electron chi connectivity index (χ3n) is 5.42. The third-order valence-corrected chi connectivity index (χ3v) is 5.42. The Balaban J connectivity index is 1.63. The van der Waals surface area contributed by atoms with E-state index in [1.54, 1.807) is 27.8 Å². The van der Waals surface area contributed by atoms with Crippen molar-refractivity contribution < 1.29 is 14.0 Å². The first-order valence-electron chi connectivity index (χ1n) is 10.2. The molecule has 2 amide bonds. The van der Waals surface area contributed by atoms with Crippen molar-refractivity contribution in [3.8, 4) is 16.9 Å². The highest BCUT2D eigenvalue weighted by Gasteiger charge is 2.26. The first-order valence-corrected chi connectivity index (χ1v) is 10.2. The molecule has 1 unspecified atom stereocenters. The molecule has 3 aromatic rings. The predicted octanol–water partition coefficient (Wildman–Crippen LogP) is 3.42. The number of nitrogens with two attached hydrogens (primary N) is 1. The number of aromatic nitrogens is 2. The van der Waals surface area contributed by atoms with Crippen LogP contribution < -0.4 is 5.73 Å². The van der Waals surface area contributed by atoms with Crippen molar-refractivity contribution in [2.24, 2.45) is 11.7 Å². The number of nitrogens with zero attached hydrogens (tertiary/aromatic N) is 3. The van der Waals surface area contributed by atoms with Crippen LogP contribution in [0.4, 0.5) is 4.39 Å². The van der Waals surface area contributed by atoms with Crippen LogP contribution >= 0.6 is 0 Å². The van der Waals surface area contributed by atoms with E-state index in [9.17, 15) is 14.0 Å². The number of halogens is 1. The lowest BCUT2D eigenvalue weighted by Gasteiger charge is -2.30. The second-order valence-electron chi connectivity index (χ2n) is 7.58. The SMILES string of the molecule is NC(=O)C1CCCN(C(=O)/C=C/c2cn(-c3ccccc3)nc2-c2ccc(F)cc2)C1. The molecule has 31 heavy (non-hydrogen) atoms. The number of amides is 2. The molecular formula is C24H23FN4O2.